The Morgan fingerprint density at radius 3 is 2.53 bits per heavy atom. The number of carbonyl (C=O) groups is 3. The van der Waals surface area contributed by atoms with Crippen LogP contribution in [-0.4, -0.2) is 46.4 Å². The summed E-state index contributed by atoms with van der Waals surface area (Å²) in [7, 11) is 0. The van der Waals surface area contributed by atoms with Crippen LogP contribution in [0.2, 0.25) is 5.02 Å². The third-order valence-corrected chi connectivity index (χ3v) is 6.87. The van der Waals surface area contributed by atoms with E-state index in [0.717, 1.165) is 32.1 Å². The second kappa shape index (κ2) is 8.35. The highest BCUT2D eigenvalue weighted by molar-refractivity contribution is 6.33. The normalized spacial score (nSPS) is 26.7. The molecule has 2 saturated heterocycles. The van der Waals surface area contributed by atoms with Crippen molar-refractivity contribution in [3.05, 3.63) is 47.2 Å². The minimum atomic E-state index is -0.984. The van der Waals surface area contributed by atoms with Crippen molar-refractivity contribution in [1.82, 2.24) is 9.96 Å². The molecule has 2 N–H and O–H groups in total. The molecule has 3 fully saturated rings. The number of fused-ring (bicyclic) bond motifs is 1. The summed E-state index contributed by atoms with van der Waals surface area (Å²) in [5.41, 5.74) is 6.11. The predicted octanol–water partition coefficient (Wildman–Crippen LogP) is 3.06. The molecule has 8 nitrogen and oxygen atoms in total. The maximum Gasteiger partial charge on any atom is 0.261 e. The average Bonchev–Trinajstić information content (AvgIpc) is 3.44. The van der Waals surface area contributed by atoms with Crippen LogP contribution in [0.1, 0.15) is 43.9 Å². The lowest BCUT2D eigenvalue weighted by atomic mass is 9.93. The number of hydroxylamine groups is 2. The van der Waals surface area contributed by atoms with E-state index in [0.29, 0.717) is 22.1 Å². The third-order valence-electron chi connectivity index (χ3n) is 6.54. The van der Waals surface area contributed by atoms with Gasteiger partial charge in [-0.05, 0) is 37.1 Å². The summed E-state index contributed by atoms with van der Waals surface area (Å²) >= 11 is 6.30. The molecule has 2 aliphatic heterocycles. The zero-order valence-electron chi connectivity index (χ0n) is 17.4. The van der Waals surface area contributed by atoms with Crippen LogP contribution < -0.4 is 5.73 Å². The van der Waals surface area contributed by atoms with Crippen molar-refractivity contribution in [2.24, 2.45) is 11.7 Å². The number of hydrogen-bond acceptors (Lipinski definition) is 6. The van der Waals surface area contributed by atoms with Crippen LogP contribution in [0.5, 0.6) is 0 Å². The number of amides is 3. The standard InChI is InChI=1S/C23H24ClN3O5/c24-15-9-5-4-8-14(15)16-10-11-17(31-16)20-19-21(32-26(20)12-18(25)28)23(30)27(22(19)29)13-6-2-1-3-7-13/h4-5,8-11,13,19-21H,1-3,6-7,12H2,(H2,25,28). The van der Waals surface area contributed by atoms with Crippen molar-refractivity contribution in [2.45, 2.75) is 50.3 Å². The number of rotatable bonds is 5. The number of carbonyl (C=O) groups excluding carboxylic acids is 3. The summed E-state index contributed by atoms with van der Waals surface area (Å²) in [5, 5.41) is 1.83. The Kier molecular flexibility index (Phi) is 5.53. The summed E-state index contributed by atoms with van der Waals surface area (Å²) in [6.45, 7) is -0.260. The molecule has 9 heteroatoms. The first-order valence-electron chi connectivity index (χ1n) is 10.9. The van der Waals surface area contributed by atoms with E-state index in [9.17, 15) is 14.4 Å². The molecule has 3 unspecified atom stereocenters. The lowest BCUT2D eigenvalue weighted by Gasteiger charge is -2.31. The second-order valence-corrected chi connectivity index (χ2v) is 8.97. The van der Waals surface area contributed by atoms with E-state index >= 15 is 0 Å². The van der Waals surface area contributed by atoms with Gasteiger partial charge in [-0.25, -0.2) is 0 Å². The fourth-order valence-electron chi connectivity index (χ4n) is 5.12. The Morgan fingerprint density at radius 1 is 1.06 bits per heavy atom. The SMILES string of the molecule is NC(=O)CN1OC2C(=O)N(C3CCCCC3)C(=O)C2C1c1ccc(-c2ccccc2Cl)o1. The first-order chi connectivity index (χ1) is 15.5. The van der Waals surface area contributed by atoms with Gasteiger partial charge in [0.1, 0.15) is 30.0 Å². The van der Waals surface area contributed by atoms with Gasteiger partial charge in [-0.15, -0.1) is 0 Å². The van der Waals surface area contributed by atoms with Crippen LogP contribution in [-0.2, 0) is 19.2 Å². The van der Waals surface area contributed by atoms with E-state index in [-0.39, 0.29) is 24.4 Å². The van der Waals surface area contributed by atoms with Crippen LogP contribution in [0, 0.1) is 5.92 Å². The predicted molar refractivity (Wildman–Crippen MR) is 115 cm³/mol. The first kappa shape index (κ1) is 21.2. The largest absolute Gasteiger partial charge is 0.459 e. The molecule has 2 aromatic rings. The number of nitrogens with zero attached hydrogens (tertiary/aromatic N) is 2. The van der Waals surface area contributed by atoms with Gasteiger partial charge in [0.15, 0.2) is 6.10 Å². The maximum absolute atomic E-state index is 13.5. The Hall–Kier alpha value is -2.68. The molecule has 0 spiro atoms. The van der Waals surface area contributed by atoms with Gasteiger partial charge in [-0.1, -0.05) is 43.0 Å². The Labute approximate surface area is 190 Å². The number of benzene rings is 1. The third kappa shape index (κ3) is 3.52. The topological polar surface area (TPSA) is 106 Å². The Balaban J connectivity index is 1.49. The summed E-state index contributed by atoms with van der Waals surface area (Å²) in [5.74, 6) is -1.11. The molecule has 3 heterocycles. The number of halogens is 1. The molecule has 1 aromatic carbocycles. The van der Waals surface area contributed by atoms with Crippen molar-refractivity contribution in [1.29, 1.82) is 0 Å². The Morgan fingerprint density at radius 2 is 1.81 bits per heavy atom. The van der Waals surface area contributed by atoms with E-state index in [4.69, 9.17) is 26.6 Å². The highest BCUT2D eigenvalue weighted by Crippen LogP contribution is 2.47. The highest BCUT2D eigenvalue weighted by Gasteiger charge is 2.61. The molecular weight excluding hydrogens is 434 g/mol. The van der Waals surface area contributed by atoms with Crippen molar-refractivity contribution < 1.29 is 23.6 Å². The zero-order valence-corrected chi connectivity index (χ0v) is 18.2. The van der Waals surface area contributed by atoms with Gasteiger partial charge in [0.25, 0.3) is 5.91 Å². The minimum Gasteiger partial charge on any atom is -0.459 e. The first-order valence-corrected chi connectivity index (χ1v) is 11.3. The summed E-state index contributed by atoms with van der Waals surface area (Å²) in [6.07, 6.45) is 3.74. The quantitative estimate of drug-likeness (QED) is 0.691. The zero-order chi connectivity index (χ0) is 22.4. The molecule has 1 aliphatic carbocycles. The Bertz CT molecular complexity index is 1060. The van der Waals surface area contributed by atoms with Crippen LogP contribution in [0.25, 0.3) is 11.3 Å². The van der Waals surface area contributed by atoms with Crippen LogP contribution in [0.4, 0.5) is 0 Å². The molecule has 32 heavy (non-hydrogen) atoms. The number of hydrogen-bond donors (Lipinski definition) is 1. The smallest absolute Gasteiger partial charge is 0.261 e. The lowest BCUT2D eigenvalue weighted by Crippen LogP contribution is -2.45. The second-order valence-electron chi connectivity index (χ2n) is 8.56. The molecule has 168 valence electrons. The van der Waals surface area contributed by atoms with Crippen LogP contribution in [0.15, 0.2) is 40.8 Å². The van der Waals surface area contributed by atoms with Crippen molar-refractivity contribution in [3.63, 3.8) is 0 Å². The van der Waals surface area contributed by atoms with Gasteiger partial charge in [-0.2, -0.15) is 5.06 Å². The maximum atomic E-state index is 13.5. The molecule has 0 radical (unpaired) electrons. The van der Waals surface area contributed by atoms with Crippen LogP contribution in [0.3, 0.4) is 0 Å². The summed E-state index contributed by atoms with van der Waals surface area (Å²) in [6, 6.07) is 9.90. The number of primary amides is 1. The van der Waals surface area contributed by atoms with Crippen molar-refractivity contribution in [3.8, 4) is 11.3 Å². The molecule has 0 bridgehead atoms. The fourth-order valence-corrected chi connectivity index (χ4v) is 5.34. The van der Waals surface area contributed by atoms with E-state index in [1.54, 1.807) is 18.2 Å². The molecule has 3 atom stereocenters. The van der Waals surface area contributed by atoms with Gasteiger partial charge in [0.2, 0.25) is 11.8 Å². The fraction of sp³-hybridized carbons (Fsp3) is 0.435. The molecule has 3 aliphatic rings. The lowest BCUT2D eigenvalue weighted by molar-refractivity contribution is -0.184. The number of furan rings is 1. The van der Waals surface area contributed by atoms with Gasteiger partial charge in [-0.3, -0.25) is 24.1 Å². The monoisotopic (exact) mass is 457 g/mol. The molecule has 3 amide bonds. The summed E-state index contributed by atoms with van der Waals surface area (Å²) in [4.78, 5) is 45.5. The average molecular weight is 458 g/mol. The van der Waals surface area contributed by atoms with Gasteiger partial charge in [0.05, 0.1) is 5.02 Å². The minimum absolute atomic E-state index is 0.0986. The molecular formula is C23H24ClN3O5. The van der Waals surface area contributed by atoms with E-state index < -0.39 is 24.0 Å². The van der Waals surface area contributed by atoms with E-state index in [2.05, 4.69) is 0 Å². The van der Waals surface area contributed by atoms with Crippen LogP contribution >= 0.6 is 11.6 Å². The number of nitrogens with two attached hydrogens (primary N) is 1. The van der Waals surface area contributed by atoms with Gasteiger partial charge >= 0.3 is 0 Å². The van der Waals surface area contributed by atoms with E-state index in [1.165, 1.54) is 9.96 Å². The highest BCUT2D eigenvalue weighted by atomic mass is 35.5. The number of imide groups is 1. The number of likely N-dealkylation sites (tertiary alicyclic amines) is 1. The molecule has 5 rings (SSSR count). The molecule has 1 saturated carbocycles. The molecule has 1 aromatic heterocycles. The van der Waals surface area contributed by atoms with E-state index in [1.807, 2.05) is 18.2 Å². The summed E-state index contributed by atoms with van der Waals surface area (Å²) < 4.78 is 6.08. The van der Waals surface area contributed by atoms with Gasteiger partial charge < -0.3 is 10.2 Å². The van der Waals surface area contributed by atoms with Crippen molar-refractivity contribution in [2.75, 3.05) is 6.54 Å². The van der Waals surface area contributed by atoms with Gasteiger partial charge in [0, 0.05) is 11.6 Å². The van der Waals surface area contributed by atoms with Crippen molar-refractivity contribution >= 4 is 29.3 Å².